The lowest BCUT2D eigenvalue weighted by Crippen LogP contribution is -2.41. The first kappa shape index (κ1) is 34.9. The molecule has 1 heterocycles. The fraction of sp³-hybridized carbons (Fsp3) is 0.375. The lowest BCUT2D eigenvalue weighted by atomic mass is 9.83. The standard InChI is InChI=1S/C40H41NO9/c1-22(2)49-20-8-5-6-10-31(42)40(3,4)50-21-9-7-19-41-36(43)27-15-11-23-25-13-17-29(38(45)46)35-30(39(47)48)18-14-26(33(25)35)24-12-16-28(37(41)44)34(27)32(23)24/h11-18,22H,5-10,19-21H2,1-4H3,(H,45,46)(H,47,48). The number of benzene rings is 5. The number of ether oxygens (including phenoxy) is 2. The Hall–Kier alpha value is -4.93. The Morgan fingerprint density at radius 1 is 0.660 bits per heavy atom. The number of carboxylic acids is 2. The molecule has 0 saturated heterocycles. The third-order valence-corrected chi connectivity index (χ3v) is 9.72. The number of imide groups is 1. The molecular weight excluding hydrogens is 638 g/mol. The molecule has 260 valence electrons. The summed E-state index contributed by atoms with van der Waals surface area (Å²) in [6, 6.07) is 13.1. The average Bonchev–Trinajstić information content (AvgIpc) is 3.07. The molecule has 5 aromatic rings. The Morgan fingerprint density at radius 3 is 1.68 bits per heavy atom. The number of carbonyl (C=O) groups excluding carboxylic acids is 3. The first-order valence-corrected chi connectivity index (χ1v) is 17.1. The molecule has 1 aliphatic rings. The summed E-state index contributed by atoms with van der Waals surface area (Å²) in [4.78, 5) is 66.0. The van der Waals surface area contributed by atoms with Crippen molar-refractivity contribution in [3.05, 3.63) is 70.8 Å². The smallest absolute Gasteiger partial charge is 0.336 e. The minimum absolute atomic E-state index is 0.0452. The van der Waals surface area contributed by atoms with Crippen molar-refractivity contribution in [2.24, 2.45) is 0 Å². The SMILES string of the molecule is CC(C)OCCCCCC(=O)C(C)(C)OCCCCN1C(=O)c2ccc3c4ccc(C(=O)O)c5c(C(=O)O)ccc(c6ccc(c2c36)C1=O)c54. The number of aromatic carboxylic acids is 2. The van der Waals surface area contributed by atoms with Gasteiger partial charge in [0.15, 0.2) is 5.78 Å². The molecule has 5 aromatic carbocycles. The van der Waals surface area contributed by atoms with E-state index in [1.54, 1.807) is 50.2 Å². The maximum Gasteiger partial charge on any atom is 0.336 e. The maximum absolute atomic E-state index is 13.8. The van der Waals surface area contributed by atoms with Crippen LogP contribution in [-0.4, -0.2) is 76.1 Å². The second-order valence-electron chi connectivity index (χ2n) is 13.7. The fourth-order valence-electron chi connectivity index (χ4n) is 7.15. The van der Waals surface area contributed by atoms with Crippen molar-refractivity contribution >= 4 is 72.6 Å². The number of carboxylic acid groups (broad SMARTS) is 2. The Bertz CT molecular complexity index is 2060. The van der Waals surface area contributed by atoms with Crippen LogP contribution in [0.3, 0.4) is 0 Å². The van der Waals surface area contributed by atoms with E-state index in [1.807, 2.05) is 13.8 Å². The Morgan fingerprint density at radius 2 is 1.16 bits per heavy atom. The average molecular weight is 680 g/mol. The van der Waals surface area contributed by atoms with Gasteiger partial charge in [-0.1, -0.05) is 30.7 Å². The molecule has 0 atom stereocenters. The van der Waals surface area contributed by atoms with Gasteiger partial charge >= 0.3 is 11.9 Å². The van der Waals surface area contributed by atoms with Crippen LogP contribution in [0.2, 0.25) is 0 Å². The van der Waals surface area contributed by atoms with Crippen LogP contribution in [0.25, 0.3) is 43.1 Å². The summed E-state index contributed by atoms with van der Waals surface area (Å²) in [5.74, 6) is -3.23. The maximum atomic E-state index is 13.8. The first-order valence-electron chi connectivity index (χ1n) is 17.1. The number of Topliss-reactive ketones (excluding diaryl/α,β-unsaturated/α-hetero) is 1. The second kappa shape index (κ2) is 13.8. The molecule has 50 heavy (non-hydrogen) atoms. The van der Waals surface area contributed by atoms with Crippen molar-refractivity contribution < 1.29 is 43.7 Å². The van der Waals surface area contributed by atoms with Gasteiger partial charge in [0, 0.05) is 48.1 Å². The van der Waals surface area contributed by atoms with Gasteiger partial charge in [0.05, 0.1) is 17.2 Å². The number of rotatable bonds is 16. The highest BCUT2D eigenvalue weighted by Gasteiger charge is 2.34. The van der Waals surface area contributed by atoms with Gasteiger partial charge in [0.25, 0.3) is 11.8 Å². The lowest BCUT2D eigenvalue weighted by molar-refractivity contribution is -0.140. The van der Waals surface area contributed by atoms with Crippen LogP contribution in [0.1, 0.15) is 108 Å². The molecule has 10 nitrogen and oxygen atoms in total. The summed E-state index contributed by atoms with van der Waals surface area (Å²) in [7, 11) is 0. The first-order chi connectivity index (χ1) is 23.8. The van der Waals surface area contributed by atoms with E-state index in [9.17, 15) is 34.2 Å². The number of nitrogens with zero attached hydrogens (tertiary/aromatic N) is 1. The summed E-state index contributed by atoms with van der Waals surface area (Å²) in [6.45, 7) is 8.75. The molecule has 0 aromatic heterocycles. The van der Waals surface area contributed by atoms with Gasteiger partial charge in [-0.25, -0.2) is 9.59 Å². The van der Waals surface area contributed by atoms with E-state index >= 15 is 0 Å². The molecule has 0 fully saturated rings. The van der Waals surface area contributed by atoms with E-state index in [0.717, 1.165) is 19.3 Å². The summed E-state index contributed by atoms with van der Waals surface area (Å²) in [5.41, 5.74) is -0.367. The quantitative estimate of drug-likeness (QED) is 0.0460. The van der Waals surface area contributed by atoms with Crippen molar-refractivity contribution in [2.75, 3.05) is 19.8 Å². The van der Waals surface area contributed by atoms with E-state index in [1.165, 1.54) is 17.0 Å². The van der Waals surface area contributed by atoms with Gasteiger partial charge in [-0.3, -0.25) is 19.3 Å². The number of amides is 2. The molecule has 10 heteroatoms. The van der Waals surface area contributed by atoms with Crippen LogP contribution < -0.4 is 0 Å². The number of hydrogen-bond acceptors (Lipinski definition) is 7. The van der Waals surface area contributed by atoms with Crippen LogP contribution in [0.4, 0.5) is 0 Å². The molecule has 0 aliphatic carbocycles. The number of ketones is 1. The lowest BCUT2D eigenvalue weighted by Gasteiger charge is -2.29. The van der Waals surface area contributed by atoms with Gasteiger partial charge < -0.3 is 19.7 Å². The van der Waals surface area contributed by atoms with Crippen LogP contribution in [0.15, 0.2) is 48.5 Å². The summed E-state index contributed by atoms with van der Waals surface area (Å²) in [5, 5.41) is 24.4. The second-order valence-corrected chi connectivity index (χ2v) is 13.7. The molecule has 0 bridgehead atoms. The van der Waals surface area contributed by atoms with E-state index in [4.69, 9.17) is 9.47 Å². The van der Waals surface area contributed by atoms with E-state index in [2.05, 4.69) is 0 Å². The fourth-order valence-corrected chi connectivity index (χ4v) is 7.15. The summed E-state index contributed by atoms with van der Waals surface area (Å²) < 4.78 is 11.5. The molecule has 6 rings (SSSR count). The number of hydrogen-bond donors (Lipinski definition) is 2. The number of carbonyl (C=O) groups is 5. The Kier molecular flexibility index (Phi) is 9.61. The van der Waals surface area contributed by atoms with Gasteiger partial charge in [-0.05, 0) is 110 Å². The zero-order chi connectivity index (χ0) is 35.9. The Balaban J connectivity index is 1.19. The zero-order valence-electron chi connectivity index (χ0n) is 28.8. The normalized spacial score (nSPS) is 13.5. The van der Waals surface area contributed by atoms with Crippen LogP contribution >= 0.6 is 0 Å². The zero-order valence-corrected chi connectivity index (χ0v) is 28.8. The van der Waals surface area contributed by atoms with Crippen molar-refractivity contribution in [3.63, 3.8) is 0 Å². The molecule has 0 saturated carbocycles. The number of fused-ring (bicyclic) bond motifs is 2. The van der Waals surface area contributed by atoms with Crippen LogP contribution in [0, 0.1) is 0 Å². The topological polar surface area (TPSA) is 148 Å². The van der Waals surface area contributed by atoms with Crippen molar-refractivity contribution in [2.45, 2.75) is 77.9 Å². The molecule has 0 unspecified atom stereocenters. The molecule has 1 aliphatic heterocycles. The van der Waals surface area contributed by atoms with Crippen molar-refractivity contribution in [1.29, 1.82) is 0 Å². The molecule has 0 spiro atoms. The monoisotopic (exact) mass is 679 g/mol. The van der Waals surface area contributed by atoms with Gasteiger partial charge in [-0.2, -0.15) is 0 Å². The van der Waals surface area contributed by atoms with E-state index < -0.39 is 29.4 Å². The third kappa shape index (κ3) is 6.18. The summed E-state index contributed by atoms with van der Waals surface area (Å²) >= 11 is 0. The van der Waals surface area contributed by atoms with Crippen LogP contribution in [0.5, 0.6) is 0 Å². The summed E-state index contributed by atoms with van der Waals surface area (Å²) in [6.07, 6.45) is 4.30. The van der Waals surface area contributed by atoms with E-state index in [0.29, 0.717) is 81.3 Å². The highest BCUT2D eigenvalue weighted by Crippen LogP contribution is 2.45. The van der Waals surface area contributed by atoms with E-state index in [-0.39, 0.29) is 34.9 Å². The van der Waals surface area contributed by atoms with Crippen LogP contribution in [-0.2, 0) is 14.3 Å². The van der Waals surface area contributed by atoms with Gasteiger partial charge in [-0.15, -0.1) is 0 Å². The van der Waals surface area contributed by atoms with Gasteiger partial charge in [0.1, 0.15) is 5.60 Å². The Labute approximate surface area is 289 Å². The molecule has 2 amide bonds. The molecule has 2 N–H and O–H groups in total. The minimum atomic E-state index is -1.23. The third-order valence-electron chi connectivity index (χ3n) is 9.72. The predicted octanol–water partition coefficient (Wildman–Crippen LogP) is 7.86. The van der Waals surface area contributed by atoms with Gasteiger partial charge in [0.2, 0.25) is 0 Å². The number of unbranched alkanes of at least 4 members (excludes halogenated alkanes) is 3. The molecular formula is C40H41NO9. The largest absolute Gasteiger partial charge is 0.478 e. The predicted molar refractivity (Wildman–Crippen MR) is 191 cm³/mol. The van der Waals surface area contributed by atoms with Crippen molar-refractivity contribution in [1.82, 2.24) is 4.90 Å². The van der Waals surface area contributed by atoms with Crippen molar-refractivity contribution in [3.8, 4) is 0 Å². The molecule has 0 radical (unpaired) electrons. The highest BCUT2D eigenvalue weighted by molar-refractivity contribution is 6.39. The minimum Gasteiger partial charge on any atom is -0.478 e. The highest BCUT2D eigenvalue weighted by atomic mass is 16.5.